The van der Waals surface area contributed by atoms with Gasteiger partial charge in [-0.1, -0.05) is 13.8 Å². The largest absolute Gasteiger partial charge is 0.465 e. The van der Waals surface area contributed by atoms with E-state index in [1.807, 2.05) is 12.3 Å². The van der Waals surface area contributed by atoms with Crippen molar-refractivity contribution in [2.45, 2.75) is 20.8 Å². The number of rotatable bonds is 3. The molecule has 88 valence electrons. The molecule has 0 radical (unpaired) electrons. The first kappa shape index (κ1) is 12.7. The molecule has 1 heterocycles. The van der Waals surface area contributed by atoms with Crippen LogP contribution in [0.1, 0.15) is 29.1 Å². The molecule has 1 aromatic rings. The molecule has 1 amide bonds. The molecular weight excluding hydrogens is 226 g/mol. The van der Waals surface area contributed by atoms with Crippen LogP contribution in [0.4, 0.5) is 5.69 Å². The zero-order valence-corrected chi connectivity index (χ0v) is 10.6. The molecule has 4 nitrogen and oxygen atoms in total. The number of thiophene rings is 1. The number of nitrogens with one attached hydrogen (secondary N) is 1. The Morgan fingerprint density at radius 3 is 2.56 bits per heavy atom. The standard InChI is InChI=1S/C11H15NO3S/c1-6(2)10(13)12-8-7(3)5-16-9(8)11(14)15-4/h5-6H,1-4H3,(H,12,13). The van der Waals surface area contributed by atoms with Crippen molar-refractivity contribution in [2.75, 3.05) is 12.4 Å². The Kier molecular flexibility index (Phi) is 4.06. The molecule has 0 aromatic carbocycles. The third-order valence-corrected chi connectivity index (χ3v) is 3.20. The van der Waals surface area contributed by atoms with Gasteiger partial charge in [0.25, 0.3) is 0 Å². The maximum atomic E-state index is 11.6. The van der Waals surface area contributed by atoms with Crippen molar-refractivity contribution in [1.29, 1.82) is 0 Å². The summed E-state index contributed by atoms with van der Waals surface area (Å²) in [5, 5.41) is 4.57. The van der Waals surface area contributed by atoms with Gasteiger partial charge in [0.05, 0.1) is 12.8 Å². The fourth-order valence-electron chi connectivity index (χ4n) is 1.11. The fourth-order valence-corrected chi connectivity index (χ4v) is 2.03. The maximum absolute atomic E-state index is 11.6. The van der Waals surface area contributed by atoms with Crippen LogP contribution in [0.5, 0.6) is 0 Å². The lowest BCUT2D eigenvalue weighted by Crippen LogP contribution is -2.19. The van der Waals surface area contributed by atoms with E-state index in [9.17, 15) is 9.59 Å². The molecule has 1 aromatic heterocycles. The maximum Gasteiger partial charge on any atom is 0.350 e. The molecule has 0 aliphatic rings. The van der Waals surface area contributed by atoms with Crippen molar-refractivity contribution in [3.8, 4) is 0 Å². The molecule has 0 fully saturated rings. The summed E-state index contributed by atoms with van der Waals surface area (Å²) in [6, 6.07) is 0. The van der Waals surface area contributed by atoms with Gasteiger partial charge in [-0.2, -0.15) is 0 Å². The van der Waals surface area contributed by atoms with Gasteiger partial charge in [-0.15, -0.1) is 11.3 Å². The first-order chi connectivity index (χ1) is 7.47. The van der Waals surface area contributed by atoms with E-state index in [1.165, 1.54) is 18.4 Å². The van der Waals surface area contributed by atoms with Crippen LogP contribution in [0.3, 0.4) is 0 Å². The van der Waals surface area contributed by atoms with E-state index in [4.69, 9.17) is 0 Å². The summed E-state index contributed by atoms with van der Waals surface area (Å²) < 4.78 is 4.65. The summed E-state index contributed by atoms with van der Waals surface area (Å²) >= 11 is 1.27. The van der Waals surface area contributed by atoms with Crippen LogP contribution in [0.2, 0.25) is 0 Å². The zero-order valence-electron chi connectivity index (χ0n) is 9.79. The average Bonchev–Trinajstić information content (AvgIpc) is 2.59. The number of carbonyl (C=O) groups excluding carboxylic acids is 2. The predicted octanol–water partition coefficient (Wildman–Crippen LogP) is 2.44. The van der Waals surface area contributed by atoms with Crippen molar-refractivity contribution in [3.05, 3.63) is 15.8 Å². The van der Waals surface area contributed by atoms with Crippen molar-refractivity contribution >= 4 is 28.9 Å². The second kappa shape index (κ2) is 5.12. The highest BCUT2D eigenvalue weighted by Gasteiger charge is 2.19. The van der Waals surface area contributed by atoms with Gasteiger partial charge in [-0.3, -0.25) is 4.79 Å². The molecule has 1 rings (SSSR count). The molecule has 0 aliphatic heterocycles. The van der Waals surface area contributed by atoms with Crippen LogP contribution in [0.15, 0.2) is 5.38 Å². The molecule has 0 unspecified atom stereocenters. The molecule has 0 atom stereocenters. The second-order valence-electron chi connectivity index (χ2n) is 3.76. The molecule has 16 heavy (non-hydrogen) atoms. The van der Waals surface area contributed by atoms with Crippen molar-refractivity contribution in [3.63, 3.8) is 0 Å². The summed E-state index contributed by atoms with van der Waals surface area (Å²) in [5.74, 6) is -0.645. The number of methoxy groups -OCH3 is 1. The van der Waals surface area contributed by atoms with Crippen LogP contribution >= 0.6 is 11.3 Å². The summed E-state index contributed by atoms with van der Waals surface area (Å²) in [6.07, 6.45) is 0. The lowest BCUT2D eigenvalue weighted by atomic mass is 10.2. The third-order valence-electron chi connectivity index (χ3n) is 2.12. The highest BCUT2D eigenvalue weighted by Crippen LogP contribution is 2.28. The SMILES string of the molecule is COC(=O)c1scc(C)c1NC(=O)C(C)C. The monoisotopic (exact) mass is 241 g/mol. The normalized spacial score (nSPS) is 10.3. The van der Waals surface area contributed by atoms with Crippen LogP contribution in [0, 0.1) is 12.8 Å². The number of hydrogen-bond donors (Lipinski definition) is 1. The second-order valence-corrected chi connectivity index (χ2v) is 4.64. The molecule has 0 aliphatic carbocycles. The molecule has 0 saturated heterocycles. The van der Waals surface area contributed by atoms with E-state index in [0.717, 1.165) is 5.56 Å². The molecular formula is C11H15NO3S. The fraction of sp³-hybridized carbons (Fsp3) is 0.455. The van der Waals surface area contributed by atoms with E-state index in [-0.39, 0.29) is 11.8 Å². The van der Waals surface area contributed by atoms with Gasteiger partial charge in [0.2, 0.25) is 5.91 Å². The van der Waals surface area contributed by atoms with Gasteiger partial charge in [0.1, 0.15) is 4.88 Å². The third kappa shape index (κ3) is 2.61. The highest BCUT2D eigenvalue weighted by molar-refractivity contribution is 7.12. The topological polar surface area (TPSA) is 55.4 Å². The molecule has 1 N–H and O–H groups in total. The van der Waals surface area contributed by atoms with Crippen LogP contribution in [-0.2, 0) is 9.53 Å². The Labute approximate surface area is 98.6 Å². The van der Waals surface area contributed by atoms with Gasteiger partial charge >= 0.3 is 5.97 Å². The van der Waals surface area contributed by atoms with Crippen molar-refractivity contribution < 1.29 is 14.3 Å². The van der Waals surface area contributed by atoms with Crippen molar-refractivity contribution in [2.24, 2.45) is 5.92 Å². The van der Waals surface area contributed by atoms with E-state index in [2.05, 4.69) is 10.1 Å². The predicted molar refractivity (Wildman–Crippen MR) is 63.9 cm³/mol. The Hall–Kier alpha value is -1.36. The number of aryl methyl sites for hydroxylation is 1. The lowest BCUT2D eigenvalue weighted by molar-refractivity contribution is -0.118. The number of esters is 1. The average molecular weight is 241 g/mol. The van der Waals surface area contributed by atoms with Crippen LogP contribution < -0.4 is 5.32 Å². The number of carbonyl (C=O) groups is 2. The summed E-state index contributed by atoms with van der Waals surface area (Å²) in [7, 11) is 1.32. The Bertz CT molecular complexity index is 409. The highest BCUT2D eigenvalue weighted by atomic mass is 32.1. The minimum absolute atomic E-state index is 0.105. The van der Waals surface area contributed by atoms with E-state index in [0.29, 0.717) is 10.6 Å². The lowest BCUT2D eigenvalue weighted by Gasteiger charge is -2.09. The number of ether oxygens (including phenoxy) is 1. The Balaban J connectivity index is 2.98. The Morgan fingerprint density at radius 1 is 1.44 bits per heavy atom. The molecule has 0 bridgehead atoms. The summed E-state index contributed by atoms with van der Waals surface area (Å²) in [6.45, 7) is 5.45. The van der Waals surface area contributed by atoms with E-state index >= 15 is 0 Å². The van der Waals surface area contributed by atoms with Crippen molar-refractivity contribution in [1.82, 2.24) is 0 Å². The van der Waals surface area contributed by atoms with Gasteiger partial charge < -0.3 is 10.1 Å². The molecule has 5 heteroatoms. The van der Waals surface area contributed by atoms with Crippen LogP contribution in [-0.4, -0.2) is 19.0 Å². The van der Waals surface area contributed by atoms with Gasteiger partial charge in [0.15, 0.2) is 0 Å². The summed E-state index contributed by atoms with van der Waals surface area (Å²) in [4.78, 5) is 23.4. The molecule has 0 saturated carbocycles. The number of anilines is 1. The van der Waals surface area contributed by atoms with E-state index < -0.39 is 5.97 Å². The smallest absolute Gasteiger partial charge is 0.350 e. The quantitative estimate of drug-likeness (QED) is 0.827. The summed E-state index contributed by atoms with van der Waals surface area (Å²) in [5.41, 5.74) is 1.44. The molecule has 0 spiro atoms. The number of hydrogen-bond acceptors (Lipinski definition) is 4. The zero-order chi connectivity index (χ0) is 12.3. The van der Waals surface area contributed by atoms with Crippen LogP contribution in [0.25, 0.3) is 0 Å². The minimum atomic E-state index is -0.419. The van der Waals surface area contributed by atoms with Gasteiger partial charge in [0, 0.05) is 5.92 Å². The van der Waals surface area contributed by atoms with Gasteiger partial charge in [-0.05, 0) is 17.9 Å². The first-order valence-corrected chi connectivity index (χ1v) is 5.82. The Morgan fingerprint density at radius 2 is 2.06 bits per heavy atom. The number of amides is 1. The van der Waals surface area contributed by atoms with Gasteiger partial charge in [-0.25, -0.2) is 4.79 Å². The van der Waals surface area contributed by atoms with E-state index in [1.54, 1.807) is 13.8 Å². The minimum Gasteiger partial charge on any atom is -0.465 e. The first-order valence-electron chi connectivity index (χ1n) is 4.94.